The number of rotatable bonds is 4. The Morgan fingerprint density at radius 1 is 1.41 bits per heavy atom. The second-order valence-corrected chi connectivity index (χ2v) is 7.17. The van der Waals surface area contributed by atoms with Gasteiger partial charge in [0.15, 0.2) is 26.6 Å². The minimum Gasteiger partial charge on any atom is -0.318 e. The molecule has 0 aliphatic carbocycles. The molecular weight excluding hydrogens is 335 g/mol. The maximum absolute atomic E-state index is 13.7. The van der Waals surface area contributed by atoms with E-state index in [4.69, 9.17) is 11.6 Å². The van der Waals surface area contributed by atoms with Crippen molar-refractivity contribution < 1.29 is 17.6 Å². The van der Waals surface area contributed by atoms with Crippen molar-refractivity contribution in [3.8, 4) is 0 Å². The number of benzene rings is 1. The number of carbonyl (C=O) groups excluding carboxylic acids is 1. The number of carbonyl (C=O) groups is 1. The number of hydrogen-bond donors (Lipinski definition) is 1. The standard InChI is InChI=1S/C12H12ClFN4O3S/c1-7-3-4-9(8(14)5-7)15-12(19)10-11(13)17-18(16-10)6-22(2,20)21/h3-5H,6H2,1-2H3,(H,15,19). The summed E-state index contributed by atoms with van der Waals surface area (Å²) in [6.45, 7) is 1.71. The van der Waals surface area contributed by atoms with Gasteiger partial charge in [0, 0.05) is 6.26 Å². The monoisotopic (exact) mass is 346 g/mol. The topological polar surface area (TPSA) is 94.0 Å². The van der Waals surface area contributed by atoms with Crippen molar-refractivity contribution in [3.63, 3.8) is 0 Å². The molecule has 1 N–H and O–H groups in total. The first-order valence-electron chi connectivity index (χ1n) is 6.01. The molecule has 1 heterocycles. The van der Waals surface area contributed by atoms with Crippen LogP contribution in [0.3, 0.4) is 0 Å². The predicted molar refractivity (Wildman–Crippen MR) is 79.0 cm³/mol. The van der Waals surface area contributed by atoms with Crippen molar-refractivity contribution in [2.75, 3.05) is 11.6 Å². The number of aryl methyl sites for hydroxylation is 1. The fourth-order valence-corrected chi connectivity index (χ4v) is 2.38. The Morgan fingerprint density at radius 2 is 2.09 bits per heavy atom. The van der Waals surface area contributed by atoms with Crippen LogP contribution in [-0.2, 0) is 15.7 Å². The minimum atomic E-state index is -3.39. The van der Waals surface area contributed by atoms with E-state index in [1.165, 1.54) is 12.1 Å². The molecule has 2 aromatic rings. The van der Waals surface area contributed by atoms with E-state index >= 15 is 0 Å². The van der Waals surface area contributed by atoms with Crippen molar-refractivity contribution in [1.82, 2.24) is 15.0 Å². The van der Waals surface area contributed by atoms with Gasteiger partial charge < -0.3 is 5.32 Å². The Morgan fingerprint density at radius 3 is 2.68 bits per heavy atom. The van der Waals surface area contributed by atoms with E-state index in [0.717, 1.165) is 11.1 Å². The molecule has 1 aromatic carbocycles. The number of amides is 1. The van der Waals surface area contributed by atoms with Gasteiger partial charge in [-0.1, -0.05) is 17.7 Å². The summed E-state index contributed by atoms with van der Waals surface area (Å²) in [4.78, 5) is 12.8. The average Bonchev–Trinajstić information content (AvgIpc) is 2.71. The molecule has 1 amide bonds. The molecule has 0 bridgehead atoms. The van der Waals surface area contributed by atoms with Gasteiger partial charge in [0.25, 0.3) is 5.91 Å². The average molecular weight is 347 g/mol. The Balaban J connectivity index is 2.23. The summed E-state index contributed by atoms with van der Waals surface area (Å²) in [5, 5.41) is 9.37. The third kappa shape index (κ3) is 4.01. The number of aromatic nitrogens is 3. The van der Waals surface area contributed by atoms with Crippen LogP contribution in [0.25, 0.3) is 0 Å². The van der Waals surface area contributed by atoms with Crippen LogP contribution < -0.4 is 5.32 Å². The third-order valence-corrected chi connectivity index (χ3v) is 3.51. The lowest BCUT2D eigenvalue weighted by atomic mass is 10.2. The summed E-state index contributed by atoms with van der Waals surface area (Å²) < 4.78 is 36.0. The Hall–Kier alpha value is -2.00. The molecule has 7 nitrogen and oxygen atoms in total. The van der Waals surface area contributed by atoms with Crippen LogP contribution >= 0.6 is 11.6 Å². The summed E-state index contributed by atoms with van der Waals surface area (Å²) in [6, 6.07) is 4.29. The SMILES string of the molecule is Cc1ccc(NC(=O)c2nn(CS(C)(=O)=O)nc2Cl)c(F)c1. The van der Waals surface area contributed by atoms with Gasteiger partial charge in [0.05, 0.1) is 5.69 Å². The zero-order valence-corrected chi connectivity index (χ0v) is 13.2. The summed E-state index contributed by atoms with van der Waals surface area (Å²) in [5.41, 5.74) is 0.377. The van der Waals surface area contributed by atoms with Crippen LogP contribution in [-0.4, -0.2) is 35.6 Å². The van der Waals surface area contributed by atoms with Gasteiger partial charge in [-0.15, -0.1) is 10.2 Å². The molecule has 1 aromatic heterocycles. The van der Waals surface area contributed by atoms with E-state index in [0.29, 0.717) is 5.56 Å². The van der Waals surface area contributed by atoms with E-state index < -0.39 is 27.4 Å². The van der Waals surface area contributed by atoms with E-state index in [2.05, 4.69) is 15.5 Å². The first-order valence-corrected chi connectivity index (χ1v) is 8.45. The Kier molecular flexibility index (Phi) is 4.47. The van der Waals surface area contributed by atoms with Gasteiger partial charge >= 0.3 is 0 Å². The number of hydrogen-bond acceptors (Lipinski definition) is 5. The Labute approximate surface area is 131 Å². The van der Waals surface area contributed by atoms with Crippen LogP contribution in [0.1, 0.15) is 16.1 Å². The molecule has 0 radical (unpaired) electrons. The highest BCUT2D eigenvalue weighted by atomic mass is 35.5. The van der Waals surface area contributed by atoms with E-state index in [1.807, 2.05) is 0 Å². The summed E-state index contributed by atoms with van der Waals surface area (Å²) in [7, 11) is -3.39. The lowest BCUT2D eigenvalue weighted by Gasteiger charge is -2.05. The van der Waals surface area contributed by atoms with Crippen LogP contribution in [0, 0.1) is 12.7 Å². The number of sulfone groups is 1. The van der Waals surface area contributed by atoms with Crippen LogP contribution in [0.15, 0.2) is 18.2 Å². The second-order valence-electron chi connectivity index (χ2n) is 4.70. The first-order chi connectivity index (χ1) is 10.2. The van der Waals surface area contributed by atoms with Crippen molar-refractivity contribution in [2.45, 2.75) is 12.8 Å². The quantitative estimate of drug-likeness (QED) is 0.908. The predicted octanol–water partition coefficient (Wildman–Crippen LogP) is 1.63. The molecule has 0 unspecified atom stereocenters. The zero-order valence-electron chi connectivity index (χ0n) is 11.7. The van der Waals surface area contributed by atoms with Gasteiger partial charge in [-0.05, 0) is 24.6 Å². The molecule has 2 rings (SSSR count). The number of nitrogens with one attached hydrogen (secondary N) is 1. The molecule has 0 aliphatic rings. The van der Waals surface area contributed by atoms with Crippen LogP contribution in [0.2, 0.25) is 5.15 Å². The van der Waals surface area contributed by atoms with E-state index in [1.54, 1.807) is 13.0 Å². The fourth-order valence-electron chi connectivity index (χ4n) is 1.64. The highest BCUT2D eigenvalue weighted by molar-refractivity contribution is 7.89. The minimum absolute atomic E-state index is 0.0377. The molecule has 0 aliphatic heterocycles. The highest BCUT2D eigenvalue weighted by Crippen LogP contribution is 2.18. The normalized spacial score (nSPS) is 11.5. The van der Waals surface area contributed by atoms with Crippen molar-refractivity contribution >= 4 is 33.0 Å². The summed E-state index contributed by atoms with van der Waals surface area (Å²) in [5.74, 6) is -1.90. The number of halogens is 2. The van der Waals surface area contributed by atoms with Crippen molar-refractivity contribution in [1.29, 1.82) is 0 Å². The second kappa shape index (κ2) is 6.01. The molecule has 0 saturated heterocycles. The highest BCUT2D eigenvalue weighted by Gasteiger charge is 2.20. The molecule has 0 fully saturated rings. The molecule has 0 atom stereocenters. The van der Waals surface area contributed by atoms with E-state index in [9.17, 15) is 17.6 Å². The molecule has 0 saturated carbocycles. The van der Waals surface area contributed by atoms with Crippen LogP contribution in [0.5, 0.6) is 0 Å². The molecular formula is C12H12ClFN4O3S. The van der Waals surface area contributed by atoms with Gasteiger partial charge in [-0.2, -0.15) is 4.80 Å². The number of anilines is 1. The molecule has 10 heteroatoms. The summed E-state index contributed by atoms with van der Waals surface area (Å²) >= 11 is 5.76. The third-order valence-electron chi connectivity index (χ3n) is 2.55. The summed E-state index contributed by atoms with van der Waals surface area (Å²) in [6.07, 6.45) is 0.992. The smallest absolute Gasteiger partial charge is 0.279 e. The van der Waals surface area contributed by atoms with Gasteiger partial charge in [-0.3, -0.25) is 4.79 Å². The zero-order chi connectivity index (χ0) is 16.5. The van der Waals surface area contributed by atoms with Gasteiger partial charge in [0.2, 0.25) is 0 Å². The molecule has 22 heavy (non-hydrogen) atoms. The maximum atomic E-state index is 13.7. The number of nitrogens with zero attached hydrogens (tertiary/aromatic N) is 3. The van der Waals surface area contributed by atoms with Crippen molar-refractivity contribution in [3.05, 3.63) is 40.4 Å². The maximum Gasteiger partial charge on any atom is 0.279 e. The van der Waals surface area contributed by atoms with Crippen molar-refractivity contribution in [2.24, 2.45) is 0 Å². The molecule has 118 valence electrons. The van der Waals surface area contributed by atoms with Gasteiger partial charge in [0.1, 0.15) is 5.82 Å². The van der Waals surface area contributed by atoms with Gasteiger partial charge in [-0.25, -0.2) is 12.8 Å². The Bertz CT molecular complexity index is 835. The fraction of sp³-hybridized carbons (Fsp3) is 0.250. The largest absolute Gasteiger partial charge is 0.318 e. The lowest BCUT2D eigenvalue weighted by molar-refractivity contribution is 0.102. The van der Waals surface area contributed by atoms with E-state index in [-0.39, 0.29) is 16.5 Å². The molecule has 0 spiro atoms. The van der Waals surface area contributed by atoms with Crippen LogP contribution in [0.4, 0.5) is 10.1 Å². The lowest BCUT2D eigenvalue weighted by Crippen LogP contribution is -2.16. The first kappa shape index (κ1) is 16.4.